The van der Waals surface area contributed by atoms with E-state index in [1.807, 2.05) is 14.0 Å². The van der Waals surface area contributed by atoms with Crippen LogP contribution in [0.25, 0.3) is 6.08 Å². The highest BCUT2D eigenvalue weighted by molar-refractivity contribution is 7.89. The van der Waals surface area contributed by atoms with Gasteiger partial charge in [0.1, 0.15) is 0 Å². The molecule has 122 valence electrons. The summed E-state index contributed by atoms with van der Waals surface area (Å²) in [4.78, 5) is 12.0. The third-order valence-corrected chi connectivity index (χ3v) is 4.82. The van der Waals surface area contributed by atoms with Crippen molar-refractivity contribution in [2.45, 2.75) is 11.8 Å². The summed E-state index contributed by atoms with van der Waals surface area (Å²) in [6.07, 6.45) is 4.76. The maximum absolute atomic E-state index is 11.9. The Morgan fingerprint density at radius 1 is 1.26 bits per heavy atom. The van der Waals surface area contributed by atoms with Gasteiger partial charge in [-0.3, -0.25) is 9.48 Å². The number of carbonyl (C=O) groups excluding carboxylic acids is 1. The molecule has 2 aromatic rings. The predicted octanol–water partition coefficient (Wildman–Crippen LogP) is 1.29. The molecule has 0 spiro atoms. The summed E-state index contributed by atoms with van der Waals surface area (Å²) < 4.78 is 27.2. The number of amides is 1. The van der Waals surface area contributed by atoms with Gasteiger partial charge in [-0.25, -0.2) is 13.1 Å². The van der Waals surface area contributed by atoms with Crippen molar-refractivity contribution in [2.24, 2.45) is 7.05 Å². The monoisotopic (exact) mass is 334 g/mol. The molecule has 2 rings (SSSR count). The van der Waals surface area contributed by atoms with Gasteiger partial charge in [-0.05, 0) is 44.3 Å². The lowest BCUT2D eigenvalue weighted by Gasteiger charge is -2.05. The number of nitrogens with zero attached hydrogens (tertiary/aromatic N) is 2. The average molecular weight is 334 g/mol. The highest BCUT2D eigenvalue weighted by atomic mass is 32.2. The SMILES string of the molecule is CNS(=O)(=O)c1ccc(NC(=O)/C=C/c2cnn(C)c2C)cc1. The zero-order chi connectivity index (χ0) is 17.0. The van der Waals surface area contributed by atoms with Gasteiger partial charge in [0.25, 0.3) is 0 Å². The lowest BCUT2D eigenvalue weighted by Crippen LogP contribution is -2.18. The molecule has 8 heteroatoms. The molecule has 2 N–H and O–H groups in total. The molecule has 1 aromatic carbocycles. The van der Waals surface area contributed by atoms with E-state index in [0.29, 0.717) is 5.69 Å². The second-order valence-electron chi connectivity index (χ2n) is 4.86. The van der Waals surface area contributed by atoms with Gasteiger partial charge in [-0.1, -0.05) is 0 Å². The van der Waals surface area contributed by atoms with Gasteiger partial charge in [0.15, 0.2) is 0 Å². The lowest BCUT2D eigenvalue weighted by atomic mass is 10.2. The van der Waals surface area contributed by atoms with E-state index in [4.69, 9.17) is 0 Å². The van der Waals surface area contributed by atoms with Gasteiger partial charge in [0, 0.05) is 30.1 Å². The normalized spacial score (nSPS) is 11.8. The first-order valence-electron chi connectivity index (χ1n) is 6.85. The maximum atomic E-state index is 11.9. The van der Waals surface area contributed by atoms with Crippen molar-refractivity contribution < 1.29 is 13.2 Å². The van der Waals surface area contributed by atoms with E-state index in [2.05, 4.69) is 15.1 Å². The summed E-state index contributed by atoms with van der Waals surface area (Å²) in [5.41, 5.74) is 2.33. The summed E-state index contributed by atoms with van der Waals surface area (Å²) in [5, 5.41) is 6.76. The summed E-state index contributed by atoms with van der Waals surface area (Å²) in [6.45, 7) is 1.91. The number of carbonyl (C=O) groups is 1. The Morgan fingerprint density at radius 3 is 2.43 bits per heavy atom. The van der Waals surface area contributed by atoms with Crippen LogP contribution in [0.2, 0.25) is 0 Å². The third-order valence-electron chi connectivity index (χ3n) is 3.39. The van der Waals surface area contributed by atoms with Crippen LogP contribution in [-0.4, -0.2) is 31.2 Å². The van der Waals surface area contributed by atoms with E-state index in [9.17, 15) is 13.2 Å². The lowest BCUT2D eigenvalue weighted by molar-refractivity contribution is -0.111. The van der Waals surface area contributed by atoms with E-state index >= 15 is 0 Å². The zero-order valence-electron chi connectivity index (χ0n) is 13.1. The molecule has 0 saturated heterocycles. The van der Waals surface area contributed by atoms with E-state index < -0.39 is 10.0 Å². The Bertz CT molecular complexity index is 836. The first-order valence-corrected chi connectivity index (χ1v) is 8.33. The largest absolute Gasteiger partial charge is 0.323 e. The zero-order valence-corrected chi connectivity index (χ0v) is 13.9. The molecule has 0 unspecified atom stereocenters. The number of rotatable bonds is 5. The van der Waals surface area contributed by atoms with Crippen molar-refractivity contribution in [1.82, 2.24) is 14.5 Å². The van der Waals surface area contributed by atoms with Crippen LogP contribution >= 0.6 is 0 Å². The minimum absolute atomic E-state index is 0.138. The molecule has 0 bridgehead atoms. The highest BCUT2D eigenvalue weighted by Crippen LogP contribution is 2.14. The van der Waals surface area contributed by atoms with Crippen LogP contribution in [0.1, 0.15) is 11.3 Å². The van der Waals surface area contributed by atoms with Gasteiger partial charge in [0.2, 0.25) is 15.9 Å². The van der Waals surface area contributed by atoms with Gasteiger partial charge in [-0.15, -0.1) is 0 Å². The summed E-state index contributed by atoms with van der Waals surface area (Å²) >= 11 is 0. The van der Waals surface area contributed by atoms with Crippen molar-refractivity contribution >= 4 is 27.7 Å². The van der Waals surface area contributed by atoms with E-state index in [-0.39, 0.29) is 10.8 Å². The summed E-state index contributed by atoms with van der Waals surface area (Å²) in [6, 6.07) is 5.92. The quantitative estimate of drug-likeness (QED) is 0.806. The van der Waals surface area contributed by atoms with Crippen LogP contribution < -0.4 is 10.0 Å². The second-order valence-corrected chi connectivity index (χ2v) is 6.75. The van der Waals surface area contributed by atoms with Crippen LogP contribution in [0, 0.1) is 6.92 Å². The molecule has 7 nitrogen and oxygen atoms in total. The third kappa shape index (κ3) is 4.05. The fourth-order valence-electron chi connectivity index (χ4n) is 1.86. The summed E-state index contributed by atoms with van der Waals surface area (Å²) in [7, 11) is -0.308. The van der Waals surface area contributed by atoms with Crippen LogP contribution in [0.5, 0.6) is 0 Å². The first kappa shape index (κ1) is 16.9. The topological polar surface area (TPSA) is 93.1 Å². The van der Waals surface area contributed by atoms with Crippen molar-refractivity contribution in [3.63, 3.8) is 0 Å². The summed E-state index contributed by atoms with van der Waals surface area (Å²) in [5.74, 6) is -0.308. The molecule has 1 heterocycles. The molecule has 0 aliphatic rings. The van der Waals surface area contributed by atoms with Gasteiger partial charge in [0.05, 0.1) is 11.1 Å². The predicted molar refractivity (Wildman–Crippen MR) is 88.3 cm³/mol. The van der Waals surface area contributed by atoms with Crippen LogP contribution in [0.4, 0.5) is 5.69 Å². The van der Waals surface area contributed by atoms with Crippen molar-refractivity contribution in [2.75, 3.05) is 12.4 Å². The first-order chi connectivity index (χ1) is 10.8. The van der Waals surface area contributed by atoms with Gasteiger partial charge < -0.3 is 5.32 Å². The van der Waals surface area contributed by atoms with Crippen molar-refractivity contribution in [3.8, 4) is 0 Å². The number of aryl methyl sites for hydroxylation is 1. The Morgan fingerprint density at radius 2 is 1.91 bits per heavy atom. The molecule has 23 heavy (non-hydrogen) atoms. The Hall–Kier alpha value is -2.45. The van der Waals surface area contributed by atoms with Crippen LogP contribution in [0.3, 0.4) is 0 Å². The fraction of sp³-hybridized carbons (Fsp3) is 0.200. The van der Waals surface area contributed by atoms with E-state index in [0.717, 1.165) is 11.3 Å². The number of benzene rings is 1. The Labute approximate surface area is 135 Å². The van der Waals surface area contributed by atoms with Crippen LogP contribution in [-0.2, 0) is 21.9 Å². The number of hydrogen-bond acceptors (Lipinski definition) is 4. The molecule has 1 amide bonds. The van der Waals surface area contributed by atoms with Gasteiger partial charge in [-0.2, -0.15) is 5.10 Å². The van der Waals surface area contributed by atoms with Crippen molar-refractivity contribution in [3.05, 3.63) is 47.8 Å². The van der Waals surface area contributed by atoms with Gasteiger partial charge >= 0.3 is 0 Å². The molecule has 0 saturated carbocycles. The minimum Gasteiger partial charge on any atom is -0.323 e. The Kier molecular flexibility index (Phi) is 4.97. The maximum Gasteiger partial charge on any atom is 0.248 e. The van der Waals surface area contributed by atoms with Crippen molar-refractivity contribution in [1.29, 1.82) is 0 Å². The average Bonchev–Trinajstić information content (AvgIpc) is 2.85. The minimum atomic E-state index is -3.48. The molecular weight excluding hydrogens is 316 g/mol. The fourth-order valence-corrected chi connectivity index (χ4v) is 2.59. The van der Waals surface area contributed by atoms with E-state index in [1.54, 1.807) is 17.0 Å². The number of hydrogen-bond donors (Lipinski definition) is 2. The number of sulfonamides is 1. The van der Waals surface area contributed by atoms with E-state index in [1.165, 1.54) is 37.4 Å². The molecule has 0 radical (unpaired) electrons. The molecule has 0 aliphatic heterocycles. The highest BCUT2D eigenvalue weighted by Gasteiger charge is 2.10. The Balaban J connectivity index is 2.05. The number of anilines is 1. The second kappa shape index (κ2) is 6.76. The molecule has 0 fully saturated rings. The standard InChI is InChI=1S/C15H18N4O3S/c1-11-12(10-17-19(11)3)4-9-15(20)18-13-5-7-14(8-6-13)23(21,22)16-2/h4-10,16H,1-3H3,(H,18,20)/b9-4+. The molecule has 0 atom stereocenters. The molecule has 1 aromatic heterocycles. The molecule has 0 aliphatic carbocycles. The number of nitrogens with one attached hydrogen (secondary N) is 2. The van der Waals surface area contributed by atoms with Crippen LogP contribution in [0.15, 0.2) is 41.4 Å². The molecular formula is C15H18N4O3S. The smallest absolute Gasteiger partial charge is 0.248 e. The number of aromatic nitrogens is 2.